The quantitative estimate of drug-likeness (QED) is 0.825. The molecule has 1 aliphatic carbocycles. The standard InChI is InChI=1S/C16H20N2O4S/c17-10-12-3-1-2-4-14(12)18-23(20,21)13-6-7-15-11(9-13)5-8-16(19)22-15/h5-9,12,14,18H,1-4,10,17H2. The molecule has 7 heteroatoms. The van der Waals surface area contributed by atoms with E-state index < -0.39 is 15.6 Å². The highest BCUT2D eigenvalue weighted by molar-refractivity contribution is 7.89. The second-order valence-corrected chi connectivity index (χ2v) is 7.68. The van der Waals surface area contributed by atoms with Crippen LogP contribution in [-0.2, 0) is 10.0 Å². The Morgan fingerprint density at radius 3 is 2.74 bits per heavy atom. The van der Waals surface area contributed by atoms with Gasteiger partial charge in [-0.05, 0) is 49.6 Å². The number of sulfonamides is 1. The Morgan fingerprint density at radius 1 is 1.17 bits per heavy atom. The highest BCUT2D eigenvalue weighted by Gasteiger charge is 2.28. The van der Waals surface area contributed by atoms with E-state index in [4.69, 9.17) is 10.2 Å². The molecule has 2 aromatic rings. The van der Waals surface area contributed by atoms with Crippen molar-refractivity contribution in [2.75, 3.05) is 6.54 Å². The summed E-state index contributed by atoms with van der Waals surface area (Å²) in [6, 6.07) is 7.19. The molecule has 0 aliphatic heterocycles. The molecule has 0 saturated heterocycles. The van der Waals surface area contributed by atoms with Crippen molar-refractivity contribution in [1.29, 1.82) is 0 Å². The first-order valence-corrected chi connectivity index (χ1v) is 9.24. The molecular weight excluding hydrogens is 316 g/mol. The van der Waals surface area contributed by atoms with E-state index in [0.29, 0.717) is 17.5 Å². The zero-order valence-corrected chi connectivity index (χ0v) is 13.5. The summed E-state index contributed by atoms with van der Waals surface area (Å²) in [5.74, 6) is 0.178. The van der Waals surface area contributed by atoms with Gasteiger partial charge in [-0.15, -0.1) is 0 Å². The number of fused-ring (bicyclic) bond motifs is 1. The SMILES string of the molecule is NCC1CCCCC1NS(=O)(=O)c1ccc2oc(=O)ccc2c1. The van der Waals surface area contributed by atoms with E-state index in [-0.39, 0.29) is 16.9 Å². The van der Waals surface area contributed by atoms with Gasteiger partial charge in [0.1, 0.15) is 5.58 Å². The van der Waals surface area contributed by atoms with Gasteiger partial charge in [0.25, 0.3) is 0 Å². The van der Waals surface area contributed by atoms with Crippen LogP contribution in [0.2, 0.25) is 0 Å². The molecule has 1 saturated carbocycles. The second kappa shape index (κ2) is 6.43. The third-order valence-corrected chi connectivity index (χ3v) is 5.91. The highest BCUT2D eigenvalue weighted by Crippen LogP contribution is 2.26. The van der Waals surface area contributed by atoms with Crippen LogP contribution in [0.4, 0.5) is 0 Å². The summed E-state index contributed by atoms with van der Waals surface area (Å²) in [6.45, 7) is 0.482. The van der Waals surface area contributed by atoms with Gasteiger partial charge in [0, 0.05) is 17.5 Å². The largest absolute Gasteiger partial charge is 0.423 e. The molecular formula is C16H20N2O4S. The van der Waals surface area contributed by atoms with Crippen molar-refractivity contribution in [2.24, 2.45) is 11.7 Å². The third-order valence-electron chi connectivity index (χ3n) is 4.42. The van der Waals surface area contributed by atoms with Crippen LogP contribution < -0.4 is 16.1 Å². The van der Waals surface area contributed by atoms with Crippen LogP contribution in [0.1, 0.15) is 25.7 Å². The Bertz CT molecular complexity index is 860. The zero-order chi connectivity index (χ0) is 16.4. The normalized spacial score (nSPS) is 22.3. The minimum atomic E-state index is -3.63. The molecule has 3 rings (SSSR count). The lowest BCUT2D eigenvalue weighted by Gasteiger charge is -2.31. The summed E-state index contributed by atoms with van der Waals surface area (Å²) < 4.78 is 33.1. The van der Waals surface area contributed by atoms with Gasteiger partial charge in [0.15, 0.2) is 0 Å². The molecule has 2 atom stereocenters. The Hall–Kier alpha value is -1.70. The highest BCUT2D eigenvalue weighted by atomic mass is 32.2. The van der Waals surface area contributed by atoms with Crippen LogP contribution in [0.25, 0.3) is 11.0 Å². The van der Waals surface area contributed by atoms with Gasteiger partial charge < -0.3 is 10.2 Å². The molecule has 2 unspecified atom stereocenters. The van der Waals surface area contributed by atoms with Gasteiger partial charge in [0.2, 0.25) is 10.0 Å². The van der Waals surface area contributed by atoms with Crippen molar-refractivity contribution in [3.05, 3.63) is 40.8 Å². The van der Waals surface area contributed by atoms with Gasteiger partial charge in [-0.2, -0.15) is 0 Å². The van der Waals surface area contributed by atoms with Crippen molar-refractivity contribution >= 4 is 21.0 Å². The molecule has 124 valence electrons. The molecule has 23 heavy (non-hydrogen) atoms. The van der Waals surface area contributed by atoms with E-state index in [1.807, 2.05) is 0 Å². The van der Waals surface area contributed by atoms with E-state index in [9.17, 15) is 13.2 Å². The molecule has 1 aliphatic rings. The average molecular weight is 336 g/mol. The van der Waals surface area contributed by atoms with Crippen molar-refractivity contribution in [1.82, 2.24) is 4.72 Å². The lowest BCUT2D eigenvalue weighted by Crippen LogP contribution is -2.44. The van der Waals surface area contributed by atoms with Crippen molar-refractivity contribution in [3.8, 4) is 0 Å². The number of rotatable bonds is 4. The maximum Gasteiger partial charge on any atom is 0.336 e. The fourth-order valence-corrected chi connectivity index (χ4v) is 4.50. The average Bonchev–Trinajstić information content (AvgIpc) is 2.54. The molecule has 0 amide bonds. The number of benzene rings is 1. The van der Waals surface area contributed by atoms with E-state index >= 15 is 0 Å². The Labute approximate surface area is 134 Å². The zero-order valence-electron chi connectivity index (χ0n) is 12.7. The summed E-state index contributed by atoms with van der Waals surface area (Å²) in [7, 11) is -3.63. The van der Waals surface area contributed by atoms with E-state index in [2.05, 4.69) is 4.72 Å². The maximum absolute atomic E-state index is 12.6. The Balaban J connectivity index is 1.89. The number of hydrogen-bond acceptors (Lipinski definition) is 5. The summed E-state index contributed by atoms with van der Waals surface area (Å²) >= 11 is 0. The second-order valence-electron chi connectivity index (χ2n) is 5.96. The van der Waals surface area contributed by atoms with Crippen molar-refractivity contribution in [3.63, 3.8) is 0 Å². The molecule has 0 radical (unpaired) electrons. The van der Waals surface area contributed by atoms with E-state index in [1.54, 1.807) is 6.07 Å². The third kappa shape index (κ3) is 3.46. The molecule has 1 aromatic carbocycles. The van der Waals surface area contributed by atoms with Gasteiger partial charge in [0.05, 0.1) is 4.90 Å². The lowest BCUT2D eigenvalue weighted by atomic mass is 9.85. The van der Waals surface area contributed by atoms with Crippen LogP contribution in [0, 0.1) is 5.92 Å². The topological polar surface area (TPSA) is 102 Å². The molecule has 0 spiro atoms. The van der Waals surface area contributed by atoms with Crippen molar-refractivity contribution < 1.29 is 12.8 Å². The molecule has 0 bridgehead atoms. The number of nitrogens with two attached hydrogens (primary N) is 1. The van der Waals surface area contributed by atoms with Gasteiger partial charge in [-0.1, -0.05) is 12.8 Å². The first-order chi connectivity index (χ1) is 11.0. The van der Waals surface area contributed by atoms with Crippen LogP contribution in [0.3, 0.4) is 0 Å². The number of hydrogen-bond donors (Lipinski definition) is 2. The minimum absolute atomic E-state index is 0.122. The van der Waals surface area contributed by atoms with Crippen LogP contribution in [-0.4, -0.2) is 21.0 Å². The van der Waals surface area contributed by atoms with E-state index in [1.165, 1.54) is 24.3 Å². The Morgan fingerprint density at radius 2 is 1.96 bits per heavy atom. The fourth-order valence-electron chi connectivity index (χ4n) is 3.13. The predicted octanol–water partition coefficient (Wildman–Crippen LogP) is 1.59. The fraction of sp³-hybridized carbons (Fsp3) is 0.438. The summed E-state index contributed by atoms with van der Waals surface area (Å²) in [4.78, 5) is 11.4. The predicted molar refractivity (Wildman–Crippen MR) is 87.6 cm³/mol. The molecule has 1 fully saturated rings. The smallest absolute Gasteiger partial charge is 0.336 e. The maximum atomic E-state index is 12.6. The first-order valence-electron chi connectivity index (χ1n) is 7.76. The van der Waals surface area contributed by atoms with E-state index in [0.717, 1.165) is 25.7 Å². The molecule has 3 N–H and O–H groups in total. The van der Waals surface area contributed by atoms with Crippen LogP contribution >= 0.6 is 0 Å². The van der Waals surface area contributed by atoms with Crippen LogP contribution in [0.15, 0.2) is 44.4 Å². The van der Waals surface area contributed by atoms with Gasteiger partial charge in [-0.3, -0.25) is 0 Å². The molecule has 1 aromatic heterocycles. The van der Waals surface area contributed by atoms with Crippen molar-refractivity contribution in [2.45, 2.75) is 36.6 Å². The first kappa shape index (κ1) is 16.2. The van der Waals surface area contributed by atoms with Gasteiger partial charge in [-0.25, -0.2) is 17.9 Å². The van der Waals surface area contributed by atoms with Crippen LogP contribution in [0.5, 0.6) is 0 Å². The molecule has 1 heterocycles. The summed E-state index contributed by atoms with van der Waals surface area (Å²) in [5, 5.41) is 0.575. The monoisotopic (exact) mass is 336 g/mol. The van der Waals surface area contributed by atoms with Gasteiger partial charge >= 0.3 is 5.63 Å². The lowest BCUT2D eigenvalue weighted by molar-refractivity contribution is 0.296. The molecule has 6 nitrogen and oxygen atoms in total. The number of nitrogens with one attached hydrogen (secondary N) is 1. The summed E-state index contributed by atoms with van der Waals surface area (Å²) in [5.41, 5.74) is 5.67. The minimum Gasteiger partial charge on any atom is -0.423 e. The summed E-state index contributed by atoms with van der Waals surface area (Å²) in [6.07, 6.45) is 3.86. The Kier molecular flexibility index (Phi) is 4.52.